The van der Waals surface area contributed by atoms with E-state index in [1.807, 2.05) is 20.8 Å². The zero-order valence-electron chi connectivity index (χ0n) is 12.6. The zero-order valence-corrected chi connectivity index (χ0v) is 13.5. The Balaban J connectivity index is 2.48. The van der Waals surface area contributed by atoms with Gasteiger partial charge in [-0.05, 0) is 20.8 Å². The van der Waals surface area contributed by atoms with Crippen LogP contribution in [0, 0.1) is 0 Å². The van der Waals surface area contributed by atoms with Gasteiger partial charge in [0.05, 0.1) is 19.0 Å². The van der Waals surface area contributed by atoms with Crippen LogP contribution in [0.25, 0.3) is 0 Å². The predicted molar refractivity (Wildman–Crippen MR) is 81.4 cm³/mol. The average Bonchev–Trinajstić information content (AvgIpc) is 2.34. The van der Waals surface area contributed by atoms with Crippen LogP contribution >= 0.6 is 11.8 Å². The van der Waals surface area contributed by atoms with Crippen LogP contribution < -0.4 is 10.6 Å². The molecule has 1 saturated heterocycles. The Labute approximate surface area is 128 Å². The van der Waals surface area contributed by atoms with Gasteiger partial charge in [0, 0.05) is 23.6 Å². The molecule has 0 radical (unpaired) electrons. The van der Waals surface area contributed by atoms with E-state index in [-0.39, 0.29) is 36.5 Å². The van der Waals surface area contributed by atoms with Crippen molar-refractivity contribution in [3.05, 3.63) is 0 Å². The number of hydrogen-bond donors (Lipinski definition) is 3. The average molecular weight is 317 g/mol. The number of carboxylic acid groups (broad SMARTS) is 1. The molecule has 1 rings (SSSR count). The SMILES string of the molecule is CC(C)(C)NC(=O)CNC(=O)N1CCSCC1CC(=O)O. The predicted octanol–water partition coefficient (Wildman–Crippen LogP) is 0.503. The summed E-state index contributed by atoms with van der Waals surface area (Å²) >= 11 is 1.63. The van der Waals surface area contributed by atoms with Crippen LogP contribution in [0.2, 0.25) is 0 Å². The van der Waals surface area contributed by atoms with Gasteiger partial charge in [-0.1, -0.05) is 0 Å². The molecule has 0 saturated carbocycles. The standard InChI is InChI=1S/C13H23N3O4S/c1-13(2,3)15-10(17)7-14-12(20)16-4-5-21-8-9(16)6-11(18)19/h9H,4-8H2,1-3H3,(H,14,20)(H,15,17)(H,18,19). The normalized spacial score (nSPS) is 19.0. The number of hydrogen-bond acceptors (Lipinski definition) is 4. The number of aliphatic carboxylic acids is 1. The fourth-order valence-corrected chi connectivity index (χ4v) is 3.08. The lowest BCUT2D eigenvalue weighted by Crippen LogP contribution is -2.53. The molecule has 0 spiro atoms. The molecule has 0 aromatic heterocycles. The Morgan fingerprint density at radius 3 is 2.57 bits per heavy atom. The Morgan fingerprint density at radius 2 is 2.00 bits per heavy atom. The summed E-state index contributed by atoms with van der Waals surface area (Å²) < 4.78 is 0. The molecule has 1 aliphatic heterocycles. The van der Waals surface area contributed by atoms with Gasteiger partial charge >= 0.3 is 12.0 Å². The van der Waals surface area contributed by atoms with Gasteiger partial charge in [0.25, 0.3) is 0 Å². The van der Waals surface area contributed by atoms with Crippen molar-refractivity contribution in [2.45, 2.75) is 38.8 Å². The van der Waals surface area contributed by atoms with E-state index >= 15 is 0 Å². The number of nitrogens with one attached hydrogen (secondary N) is 2. The van der Waals surface area contributed by atoms with Crippen LogP contribution in [-0.2, 0) is 9.59 Å². The van der Waals surface area contributed by atoms with Crippen molar-refractivity contribution in [2.24, 2.45) is 0 Å². The van der Waals surface area contributed by atoms with E-state index in [4.69, 9.17) is 5.11 Å². The molecule has 0 bridgehead atoms. The molecule has 3 amide bonds. The van der Waals surface area contributed by atoms with E-state index in [9.17, 15) is 14.4 Å². The van der Waals surface area contributed by atoms with Crippen LogP contribution in [0.3, 0.4) is 0 Å². The molecule has 8 heteroatoms. The lowest BCUT2D eigenvalue weighted by atomic mass is 10.1. The number of amides is 3. The molecule has 1 fully saturated rings. The minimum Gasteiger partial charge on any atom is -0.481 e. The molecule has 1 atom stereocenters. The van der Waals surface area contributed by atoms with Gasteiger partial charge in [-0.2, -0.15) is 11.8 Å². The molecule has 0 aromatic carbocycles. The number of carboxylic acids is 1. The van der Waals surface area contributed by atoms with Crippen molar-refractivity contribution in [1.82, 2.24) is 15.5 Å². The first-order valence-electron chi connectivity index (χ1n) is 6.84. The second-order valence-electron chi connectivity index (χ2n) is 5.98. The van der Waals surface area contributed by atoms with Crippen LogP contribution in [0.15, 0.2) is 0 Å². The molecule has 1 aliphatic rings. The highest BCUT2D eigenvalue weighted by molar-refractivity contribution is 7.99. The second kappa shape index (κ2) is 7.53. The Morgan fingerprint density at radius 1 is 1.33 bits per heavy atom. The summed E-state index contributed by atoms with van der Waals surface area (Å²) in [7, 11) is 0. The molecule has 120 valence electrons. The number of nitrogens with zero attached hydrogens (tertiary/aromatic N) is 1. The first kappa shape index (κ1) is 17.6. The van der Waals surface area contributed by atoms with Gasteiger partial charge in [-0.15, -0.1) is 0 Å². The zero-order chi connectivity index (χ0) is 16.0. The van der Waals surface area contributed by atoms with Crippen molar-refractivity contribution in [3.63, 3.8) is 0 Å². The highest BCUT2D eigenvalue weighted by Gasteiger charge is 2.29. The van der Waals surface area contributed by atoms with Crippen molar-refractivity contribution in [3.8, 4) is 0 Å². The molecule has 21 heavy (non-hydrogen) atoms. The fourth-order valence-electron chi connectivity index (χ4n) is 2.01. The van der Waals surface area contributed by atoms with Gasteiger partial charge in [0.15, 0.2) is 0 Å². The third-order valence-electron chi connectivity index (χ3n) is 2.81. The Hall–Kier alpha value is -1.44. The molecular weight excluding hydrogens is 294 g/mol. The number of carbonyl (C=O) groups is 3. The summed E-state index contributed by atoms with van der Waals surface area (Å²) in [5.74, 6) is 0.189. The summed E-state index contributed by atoms with van der Waals surface area (Å²) in [6, 6.07) is -0.711. The Kier molecular flexibility index (Phi) is 6.32. The lowest BCUT2D eigenvalue weighted by molar-refractivity contribution is -0.138. The minimum absolute atomic E-state index is 0.0748. The van der Waals surface area contributed by atoms with Crippen molar-refractivity contribution >= 4 is 29.7 Å². The summed E-state index contributed by atoms with van der Waals surface area (Å²) in [4.78, 5) is 36.1. The van der Waals surface area contributed by atoms with E-state index in [0.717, 1.165) is 5.75 Å². The van der Waals surface area contributed by atoms with Crippen molar-refractivity contribution in [2.75, 3.05) is 24.6 Å². The molecule has 0 aromatic rings. The fraction of sp³-hybridized carbons (Fsp3) is 0.769. The molecular formula is C13H23N3O4S. The second-order valence-corrected chi connectivity index (χ2v) is 7.13. The van der Waals surface area contributed by atoms with Crippen molar-refractivity contribution < 1.29 is 19.5 Å². The third-order valence-corrected chi connectivity index (χ3v) is 3.90. The molecule has 0 aliphatic carbocycles. The lowest BCUT2D eigenvalue weighted by Gasteiger charge is -2.34. The summed E-state index contributed by atoms with van der Waals surface area (Å²) in [5, 5.41) is 14.2. The first-order valence-corrected chi connectivity index (χ1v) is 7.99. The van der Waals surface area contributed by atoms with Gasteiger partial charge in [0.2, 0.25) is 5.91 Å². The molecule has 1 unspecified atom stereocenters. The van der Waals surface area contributed by atoms with Crippen LogP contribution in [-0.4, -0.2) is 64.1 Å². The number of urea groups is 1. The summed E-state index contributed by atoms with van der Waals surface area (Å²) in [5.41, 5.74) is -0.352. The van der Waals surface area contributed by atoms with Gasteiger partial charge in [-0.25, -0.2) is 4.79 Å². The molecule has 3 N–H and O–H groups in total. The van der Waals surface area contributed by atoms with E-state index < -0.39 is 5.97 Å². The van der Waals surface area contributed by atoms with Gasteiger partial charge in [0.1, 0.15) is 0 Å². The largest absolute Gasteiger partial charge is 0.481 e. The number of rotatable bonds is 4. The summed E-state index contributed by atoms with van der Waals surface area (Å²) in [6.07, 6.45) is -0.0748. The smallest absolute Gasteiger partial charge is 0.318 e. The quantitative estimate of drug-likeness (QED) is 0.701. The topological polar surface area (TPSA) is 98.7 Å². The maximum atomic E-state index is 12.1. The van der Waals surface area contributed by atoms with Gasteiger partial charge in [-0.3, -0.25) is 9.59 Å². The van der Waals surface area contributed by atoms with Crippen LogP contribution in [0.1, 0.15) is 27.2 Å². The molecule has 7 nitrogen and oxygen atoms in total. The van der Waals surface area contributed by atoms with Crippen LogP contribution in [0.4, 0.5) is 4.79 Å². The maximum Gasteiger partial charge on any atom is 0.318 e. The van der Waals surface area contributed by atoms with Crippen LogP contribution in [0.5, 0.6) is 0 Å². The van der Waals surface area contributed by atoms with E-state index in [0.29, 0.717) is 12.3 Å². The van der Waals surface area contributed by atoms with E-state index in [1.165, 1.54) is 4.90 Å². The Bertz CT molecular complexity index is 409. The minimum atomic E-state index is -0.925. The maximum absolute atomic E-state index is 12.1. The highest BCUT2D eigenvalue weighted by Crippen LogP contribution is 2.18. The van der Waals surface area contributed by atoms with E-state index in [2.05, 4.69) is 10.6 Å². The number of thioether (sulfide) groups is 1. The molecule has 1 heterocycles. The van der Waals surface area contributed by atoms with Gasteiger partial charge < -0.3 is 20.6 Å². The first-order chi connectivity index (χ1) is 9.69. The summed E-state index contributed by atoms with van der Waals surface area (Å²) in [6.45, 7) is 5.96. The monoisotopic (exact) mass is 317 g/mol. The third kappa shape index (κ3) is 6.70. The highest BCUT2D eigenvalue weighted by atomic mass is 32.2. The van der Waals surface area contributed by atoms with Crippen molar-refractivity contribution in [1.29, 1.82) is 0 Å². The van der Waals surface area contributed by atoms with E-state index in [1.54, 1.807) is 11.8 Å². The number of carbonyl (C=O) groups excluding carboxylic acids is 2.